The first-order chi connectivity index (χ1) is 7.49. The van der Waals surface area contributed by atoms with Crippen LogP contribution in [0, 0.1) is 5.82 Å². The molecule has 0 fully saturated rings. The lowest BCUT2D eigenvalue weighted by atomic mass is 10.2. The van der Waals surface area contributed by atoms with E-state index in [1.807, 2.05) is 6.92 Å². The van der Waals surface area contributed by atoms with E-state index in [0.717, 1.165) is 5.56 Å². The van der Waals surface area contributed by atoms with Crippen molar-refractivity contribution >= 4 is 26.7 Å². The molecule has 5 heteroatoms. The zero-order chi connectivity index (χ0) is 12.1. The van der Waals surface area contributed by atoms with E-state index >= 15 is 0 Å². The Bertz CT molecular complexity index is 386. The fourth-order valence-corrected chi connectivity index (χ4v) is 2.60. The van der Waals surface area contributed by atoms with Gasteiger partial charge in [0, 0.05) is 35.4 Å². The Kier molecular flexibility index (Phi) is 5.58. The van der Waals surface area contributed by atoms with E-state index in [1.165, 1.54) is 6.07 Å². The number of hydrogen-bond acceptors (Lipinski definition) is 2. The van der Waals surface area contributed by atoms with Gasteiger partial charge in [-0.15, -0.1) is 0 Å². The van der Waals surface area contributed by atoms with E-state index in [4.69, 9.17) is 0 Å². The normalized spacial score (nSPS) is 14.8. The molecule has 1 aromatic rings. The maximum absolute atomic E-state index is 13.0. The number of benzene rings is 1. The minimum Gasteiger partial charge on any atom is -0.309 e. The topological polar surface area (TPSA) is 29.1 Å². The highest BCUT2D eigenvalue weighted by Gasteiger charge is 2.05. The lowest BCUT2D eigenvalue weighted by Gasteiger charge is -2.12. The summed E-state index contributed by atoms with van der Waals surface area (Å²) in [6.07, 6.45) is 1.69. The molecule has 1 aromatic carbocycles. The minimum absolute atomic E-state index is 0.190. The Morgan fingerprint density at radius 1 is 1.56 bits per heavy atom. The summed E-state index contributed by atoms with van der Waals surface area (Å²) in [5.74, 6) is 0.369. The Morgan fingerprint density at radius 2 is 2.25 bits per heavy atom. The molecule has 0 aliphatic rings. The highest BCUT2D eigenvalue weighted by Crippen LogP contribution is 2.16. The molecule has 0 aromatic heterocycles. The van der Waals surface area contributed by atoms with Crippen LogP contribution in [0.2, 0.25) is 0 Å². The molecule has 0 saturated heterocycles. The molecule has 0 aliphatic carbocycles. The lowest BCUT2D eigenvalue weighted by Crippen LogP contribution is -2.30. The quantitative estimate of drug-likeness (QED) is 0.905. The summed E-state index contributed by atoms with van der Waals surface area (Å²) in [7, 11) is -0.793. The van der Waals surface area contributed by atoms with Gasteiger partial charge in [0.2, 0.25) is 0 Å². The van der Waals surface area contributed by atoms with Crippen molar-refractivity contribution in [2.24, 2.45) is 0 Å². The van der Waals surface area contributed by atoms with E-state index in [9.17, 15) is 8.60 Å². The first-order valence-corrected chi connectivity index (χ1v) is 7.48. The average Bonchev–Trinajstić information content (AvgIpc) is 2.19. The van der Waals surface area contributed by atoms with Gasteiger partial charge in [-0.2, -0.15) is 0 Å². The molecule has 0 radical (unpaired) electrons. The van der Waals surface area contributed by atoms with Crippen molar-refractivity contribution in [3.05, 3.63) is 34.1 Å². The third kappa shape index (κ3) is 4.72. The predicted molar refractivity (Wildman–Crippen MR) is 69.3 cm³/mol. The van der Waals surface area contributed by atoms with Gasteiger partial charge in [0.05, 0.1) is 4.47 Å². The van der Waals surface area contributed by atoms with Crippen LogP contribution in [-0.2, 0) is 17.3 Å². The van der Waals surface area contributed by atoms with Crippen LogP contribution < -0.4 is 5.32 Å². The Hall–Kier alpha value is -0.260. The van der Waals surface area contributed by atoms with Crippen LogP contribution in [0.25, 0.3) is 0 Å². The smallest absolute Gasteiger partial charge is 0.137 e. The number of halogens is 2. The summed E-state index contributed by atoms with van der Waals surface area (Å²) >= 11 is 3.14. The number of rotatable bonds is 5. The SMILES string of the molecule is CC(CS(C)=O)NCc1ccc(F)c(Br)c1. The van der Waals surface area contributed by atoms with E-state index in [2.05, 4.69) is 21.2 Å². The van der Waals surface area contributed by atoms with Crippen LogP contribution in [-0.4, -0.2) is 22.3 Å². The maximum atomic E-state index is 13.0. The molecule has 2 unspecified atom stereocenters. The maximum Gasteiger partial charge on any atom is 0.137 e. The van der Waals surface area contributed by atoms with Crippen molar-refractivity contribution in [3.8, 4) is 0 Å². The summed E-state index contributed by atoms with van der Waals surface area (Å²) in [5.41, 5.74) is 1.00. The second-order valence-electron chi connectivity index (χ2n) is 3.77. The fourth-order valence-electron chi connectivity index (χ4n) is 1.35. The first-order valence-electron chi connectivity index (χ1n) is 4.96. The average molecular weight is 308 g/mol. The Labute approximate surface area is 106 Å². The summed E-state index contributed by atoms with van der Waals surface area (Å²) in [4.78, 5) is 0. The van der Waals surface area contributed by atoms with Crippen molar-refractivity contribution in [1.82, 2.24) is 5.32 Å². The number of hydrogen-bond donors (Lipinski definition) is 1. The zero-order valence-electron chi connectivity index (χ0n) is 9.30. The van der Waals surface area contributed by atoms with Gasteiger partial charge in [-0.25, -0.2) is 4.39 Å². The first kappa shape index (κ1) is 13.8. The fraction of sp³-hybridized carbons (Fsp3) is 0.455. The van der Waals surface area contributed by atoms with Gasteiger partial charge in [0.25, 0.3) is 0 Å². The molecular weight excluding hydrogens is 293 g/mol. The van der Waals surface area contributed by atoms with Gasteiger partial charge in [0.15, 0.2) is 0 Å². The van der Waals surface area contributed by atoms with Gasteiger partial charge in [-0.05, 0) is 40.5 Å². The van der Waals surface area contributed by atoms with Crippen LogP contribution in [0.4, 0.5) is 4.39 Å². The third-order valence-electron chi connectivity index (χ3n) is 2.12. The molecule has 90 valence electrons. The van der Waals surface area contributed by atoms with Gasteiger partial charge in [0.1, 0.15) is 5.82 Å². The van der Waals surface area contributed by atoms with Gasteiger partial charge in [-0.1, -0.05) is 6.07 Å². The molecule has 2 nitrogen and oxygen atoms in total. The van der Waals surface area contributed by atoms with Crippen LogP contribution >= 0.6 is 15.9 Å². The van der Waals surface area contributed by atoms with Crippen LogP contribution in [0.5, 0.6) is 0 Å². The third-order valence-corrected chi connectivity index (χ3v) is 3.70. The highest BCUT2D eigenvalue weighted by atomic mass is 79.9. The molecule has 1 N–H and O–H groups in total. The lowest BCUT2D eigenvalue weighted by molar-refractivity contribution is 0.584. The molecule has 0 amide bonds. The van der Waals surface area contributed by atoms with Gasteiger partial charge in [-0.3, -0.25) is 4.21 Å². The van der Waals surface area contributed by atoms with Gasteiger partial charge < -0.3 is 5.32 Å². The van der Waals surface area contributed by atoms with E-state index in [0.29, 0.717) is 16.8 Å². The molecule has 0 spiro atoms. The van der Waals surface area contributed by atoms with Crippen molar-refractivity contribution in [2.75, 3.05) is 12.0 Å². The van der Waals surface area contributed by atoms with E-state index in [1.54, 1.807) is 18.4 Å². The number of nitrogens with one attached hydrogen (secondary N) is 1. The van der Waals surface area contributed by atoms with Crippen LogP contribution in [0.1, 0.15) is 12.5 Å². The van der Waals surface area contributed by atoms with Crippen molar-refractivity contribution in [2.45, 2.75) is 19.5 Å². The van der Waals surface area contributed by atoms with Crippen LogP contribution in [0.3, 0.4) is 0 Å². The van der Waals surface area contributed by atoms with Crippen molar-refractivity contribution in [1.29, 1.82) is 0 Å². The summed E-state index contributed by atoms with van der Waals surface area (Å²) < 4.78 is 24.4. The summed E-state index contributed by atoms with van der Waals surface area (Å²) in [5, 5.41) is 3.24. The second-order valence-corrected chi connectivity index (χ2v) is 6.10. The molecule has 1 rings (SSSR count). The van der Waals surface area contributed by atoms with Crippen molar-refractivity contribution in [3.63, 3.8) is 0 Å². The molecule has 0 heterocycles. The Morgan fingerprint density at radius 3 is 2.81 bits per heavy atom. The van der Waals surface area contributed by atoms with E-state index in [-0.39, 0.29) is 11.9 Å². The van der Waals surface area contributed by atoms with Crippen LogP contribution in [0.15, 0.2) is 22.7 Å². The second kappa shape index (κ2) is 6.47. The zero-order valence-corrected chi connectivity index (χ0v) is 11.7. The highest BCUT2D eigenvalue weighted by molar-refractivity contribution is 9.10. The molecule has 16 heavy (non-hydrogen) atoms. The Balaban J connectivity index is 2.48. The van der Waals surface area contributed by atoms with Crippen molar-refractivity contribution < 1.29 is 8.60 Å². The largest absolute Gasteiger partial charge is 0.309 e. The predicted octanol–water partition coefficient (Wildman–Crippen LogP) is 2.44. The standard InChI is InChI=1S/C11H15BrFNOS/c1-8(7-16(2)15)14-6-9-3-4-11(13)10(12)5-9/h3-5,8,14H,6-7H2,1-2H3. The molecular formula is C11H15BrFNOS. The summed E-state index contributed by atoms with van der Waals surface area (Å²) in [6.45, 7) is 2.64. The van der Waals surface area contributed by atoms with E-state index < -0.39 is 10.8 Å². The monoisotopic (exact) mass is 307 g/mol. The minimum atomic E-state index is -0.793. The summed E-state index contributed by atoms with van der Waals surface area (Å²) in [6, 6.07) is 5.11. The molecule has 0 saturated carbocycles. The molecule has 2 atom stereocenters. The molecule has 0 aliphatic heterocycles. The van der Waals surface area contributed by atoms with Gasteiger partial charge >= 0.3 is 0 Å². The molecule has 0 bridgehead atoms.